The third-order valence-electron chi connectivity index (χ3n) is 4.01. The molecular weight excluding hydrogens is 312 g/mol. The number of carbonyl (C=O) groups is 2. The molecule has 1 fully saturated rings. The summed E-state index contributed by atoms with van der Waals surface area (Å²) in [5.74, 6) is 0.412. The Kier molecular flexibility index (Phi) is 3.44. The average molecular weight is 328 g/mol. The highest BCUT2D eigenvalue weighted by Crippen LogP contribution is 2.35. The van der Waals surface area contributed by atoms with E-state index in [2.05, 4.69) is 15.5 Å². The predicted molar refractivity (Wildman–Crippen MR) is 83.7 cm³/mol. The van der Waals surface area contributed by atoms with Gasteiger partial charge in [-0.1, -0.05) is 5.16 Å². The van der Waals surface area contributed by atoms with Crippen LogP contribution in [0.4, 0.5) is 5.69 Å². The number of nitrogens with zero attached hydrogens (tertiary/aromatic N) is 3. The zero-order valence-corrected chi connectivity index (χ0v) is 13.1. The van der Waals surface area contributed by atoms with Crippen molar-refractivity contribution in [1.82, 2.24) is 15.5 Å². The molecule has 24 heavy (non-hydrogen) atoms. The number of amides is 2. The molecule has 1 aliphatic heterocycles. The zero-order chi connectivity index (χ0) is 16.7. The van der Waals surface area contributed by atoms with Crippen LogP contribution >= 0.6 is 0 Å². The van der Waals surface area contributed by atoms with E-state index in [9.17, 15) is 9.59 Å². The molecule has 0 saturated heterocycles. The van der Waals surface area contributed by atoms with Gasteiger partial charge in [0, 0.05) is 18.2 Å². The topological polar surface area (TPSA) is 97.6 Å². The lowest BCUT2D eigenvalue weighted by atomic mass is 10.1. The van der Waals surface area contributed by atoms with E-state index in [-0.39, 0.29) is 30.4 Å². The van der Waals surface area contributed by atoms with E-state index in [4.69, 9.17) is 9.26 Å². The number of ether oxygens (including phenoxy) is 1. The summed E-state index contributed by atoms with van der Waals surface area (Å²) in [4.78, 5) is 29.5. The highest BCUT2D eigenvalue weighted by atomic mass is 16.5. The van der Waals surface area contributed by atoms with Gasteiger partial charge in [-0.3, -0.25) is 9.59 Å². The molecule has 1 aliphatic carbocycles. The standard InChI is InChI=1S/C16H16N4O4/c1-2-20-11-6-3-9(7-12(11)23-8-13(20)21)14-18-16(24-19-14)15(22)17-10-4-5-10/h3,6-7,10H,2,4-5,8H2,1H3,(H,17,22). The van der Waals surface area contributed by atoms with Crippen LogP contribution in [0, 0.1) is 0 Å². The third-order valence-corrected chi connectivity index (χ3v) is 4.01. The number of benzene rings is 1. The van der Waals surface area contributed by atoms with Crippen LogP contribution in [0.2, 0.25) is 0 Å². The lowest BCUT2D eigenvalue weighted by Crippen LogP contribution is -2.38. The van der Waals surface area contributed by atoms with Crippen molar-refractivity contribution in [3.8, 4) is 17.1 Å². The maximum Gasteiger partial charge on any atom is 0.316 e. The van der Waals surface area contributed by atoms with Gasteiger partial charge in [-0.05, 0) is 38.0 Å². The smallest absolute Gasteiger partial charge is 0.316 e. The second-order valence-corrected chi connectivity index (χ2v) is 5.78. The van der Waals surface area contributed by atoms with Gasteiger partial charge >= 0.3 is 11.8 Å². The van der Waals surface area contributed by atoms with Crippen molar-refractivity contribution < 1.29 is 18.8 Å². The van der Waals surface area contributed by atoms with Crippen molar-refractivity contribution in [1.29, 1.82) is 0 Å². The van der Waals surface area contributed by atoms with Crippen LogP contribution in [0.3, 0.4) is 0 Å². The summed E-state index contributed by atoms with van der Waals surface area (Å²) in [5, 5.41) is 6.65. The average Bonchev–Trinajstić information content (AvgIpc) is 3.26. The Morgan fingerprint density at radius 2 is 2.25 bits per heavy atom. The minimum atomic E-state index is -0.354. The fraction of sp³-hybridized carbons (Fsp3) is 0.375. The Hall–Kier alpha value is -2.90. The van der Waals surface area contributed by atoms with E-state index in [1.54, 1.807) is 23.1 Å². The zero-order valence-electron chi connectivity index (χ0n) is 13.1. The van der Waals surface area contributed by atoms with Gasteiger partial charge in [0.2, 0.25) is 5.82 Å². The number of aromatic nitrogens is 2. The molecule has 0 radical (unpaired) electrons. The molecule has 1 saturated carbocycles. The van der Waals surface area contributed by atoms with Gasteiger partial charge in [0.25, 0.3) is 5.91 Å². The molecule has 1 aromatic carbocycles. The highest BCUT2D eigenvalue weighted by molar-refractivity contribution is 5.98. The van der Waals surface area contributed by atoms with E-state index < -0.39 is 0 Å². The maximum absolute atomic E-state index is 11.9. The summed E-state index contributed by atoms with van der Waals surface area (Å²) >= 11 is 0. The van der Waals surface area contributed by atoms with Crippen LogP contribution in [0.1, 0.15) is 30.5 Å². The fourth-order valence-electron chi connectivity index (χ4n) is 2.60. The summed E-state index contributed by atoms with van der Waals surface area (Å²) in [7, 11) is 0. The molecule has 4 rings (SSSR count). The van der Waals surface area contributed by atoms with Crippen molar-refractivity contribution in [2.75, 3.05) is 18.1 Å². The van der Waals surface area contributed by atoms with Crippen molar-refractivity contribution >= 4 is 17.5 Å². The van der Waals surface area contributed by atoms with Crippen molar-refractivity contribution in [3.63, 3.8) is 0 Å². The van der Waals surface area contributed by atoms with Gasteiger partial charge in [-0.2, -0.15) is 4.98 Å². The van der Waals surface area contributed by atoms with Crippen LogP contribution in [0.25, 0.3) is 11.4 Å². The summed E-state index contributed by atoms with van der Waals surface area (Å²) in [6.45, 7) is 2.48. The first kappa shape index (κ1) is 14.7. The number of carbonyl (C=O) groups excluding carboxylic acids is 2. The fourth-order valence-corrected chi connectivity index (χ4v) is 2.60. The van der Waals surface area contributed by atoms with E-state index >= 15 is 0 Å². The molecule has 0 atom stereocenters. The number of fused-ring (bicyclic) bond motifs is 1. The maximum atomic E-state index is 11.9. The molecule has 124 valence electrons. The molecule has 0 unspecified atom stereocenters. The second kappa shape index (κ2) is 5.63. The van der Waals surface area contributed by atoms with Crippen molar-refractivity contribution in [2.24, 2.45) is 0 Å². The summed E-state index contributed by atoms with van der Waals surface area (Å²) in [5.41, 5.74) is 1.38. The predicted octanol–water partition coefficient (Wildman–Crippen LogP) is 1.37. The molecule has 1 N–H and O–H groups in total. The molecular formula is C16H16N4O4. The molecule has 2 amide bonds. The summed E-state index contributed by atoms with van der Waals surface area (Å²) in [6, 6.07) is 5.53. The van der Waals surface area contributed by atoms with E-state index in [0.717, 1.165) is 12.8 Å². The largest absolute Gasteiger partial charge is 0.482 e. The first-order valence-corrected chi connectivity index (χ1v) is 7.88. The van der Waals surface area contributed by atoms with E-state index in [1.807, 2.05) is 6.92 Å². The molecule has 0 bridgehead atoms. The minimum Gasteiger partial charge on any atom is -0.482 e. The van der Waals surface area contributed by atoms with Crippen LogP contribution < -0.4 is 15.0 Å². The lowest BCUT2D eigenvalue weighted by Gasteiger charge is -2.28. The Balaban J connectivity index is 1.60. The summed E-state index contributed by atoms with van der Waals surface area (Å²) < 4.78 is 10.5. The van der Waals surface area contributed by atoms with Gasteiger partial charge < -0.3 is 19.5 Å². The van der Waals surface area contributed by atoms with Gasteiger partial charge in [0.05, 0.1) is 5.69 Å². The number of hydrogen-bond donors (Lipinski definition) is 1. The van der Waals surface area contributed by atoms with Crippen LogP contribution in [0.5, 0.6) is 5.75 Å². The van der Waals surface area contributed by atoms with Crippen LogP contribution in [-0.2, 0) is 4.79 Å². The Morgan fingerprint density at radius 1 is 1.42 bits per heavy atom. The second-order valence-electron chi connectivity index (χ2n) is 5.78. The molecule has 0 spiro atoms. The number of hydrogen-bond acceptors (Lipinski definition) is 6. The number of likely N-dealkylation sites (N-methyl/N-ethyl adjacent to an activating group) is 1. The Morgan fingerprint density at radius 3 is 3.00 bits per heavy atom. The van der Waals surface area contributed by atoms with Gasteiger partial charge in [0.1, 0.15) is 5.75 Å². The van der Waals surface area contributed by atoms with Gasteiger partial charge in [0.15, 0.2) is 6.61 Å². The number of nitrogens with one attached hydrogen (secondary N) is 1. The Labute approximate surface area is 137 Å². The number of anilines is 1. The quantitative estimate of drug-likeness (QED) is 0.910. The monoisotopic (exact) mass is 328 g/mol. The molecule has 1 aromatic heterocycles. The van der Waals surface area contributed by atoms with E-state index in [1.165, 1.54) is 0 Å². The first-order chi connectivity index (χ1) is 11.7. The van der Waals surface area contributed by atoms with Gasteiger partial charge in [-0.25, -0.2) is 0 Å². The highest BCUT2D eigenvalue weighted by Gasteiger charge is 2.28. The molecule has 2 heterocycles. The van der Waals surface area contributed by atoms with Crippen molar-refractivity contribution in [2.45, 2.75) is 25.8 Å². The number of rotatable bonds is 4. The van der Waals surface area contributed by atoms with E-state index in [0.29, 0.717) is 29.4 Å². The van der Waals surface area contributed by atoms with Crippen LogP contribution in [-0.4, -0.2) is 41.1 Å². The normalized spacial score (nSPS) is 16.5. The molecule has 2 aromatic rings. The first-order valence-electron chi connectivity index (χ1n) is 7.88. The minimum absolute atomic E-state index is 0.00554. The Bertz CT molecular complexity index is 812. The van der Waals surface area contributed by atoms with Crippen LogP contribution in [0.15, 0.2) is 22.7 Å². The third kappa shape index (κ3) is 2.60. The SMILES string of the molecule is CCN1C(=O)COc2cc(-c3noc(C(=O)NC4CC4)n3)ccc21. The lowest BCUT2D eigenvalue weighted by molar-refractivity contribution is -0.121. The van der Waals surface area contributed by atoms with Gasteiger partial charge in [-0.15, -0.1) is 0 Å². The summed E-state index contributed by atoms with van der Waals surface area (Å²) in [6.07, 6.45) is 1.98. The molecule has 2 aliphatic rings. The molecule has 8 nitrogen and oxygen atoms in total. The van der Waals surface area contributed by atoms with Crippen molar-refractivity contribution in [3.05, 3.63) is 24.1 Å². The molecule has 8 heteroatoms.